The van der Waals surface area contributed by atoms with E-state index in [0.717, 1.165) is 65.3 Å². The third kappa shape index (κ3) is 2.92. The Labute approximate surface area is 157 Å². The monoisotopic (exact) mass is 356 g/mol. The topological polar surface area (TPSA) is 55.1 Å². The lowest BCUT2D eigenvalue weighted by molar-refractivity contribution is 0.0994. The van der Waals surface area contributed by atoms with E-state index in [4.69, 9.17) is 4.42 Å². The maximum atomic E-state index is 12.0. The fourth-order valence-electron chi connectivity index (χ4n) is 3.95. The minimum Gasteiger partial charge on any atom is -0.456 e. The molecule has 0 saturated heterocycles. The van der Waals surface area contributed by atoms with E-state index in [1.165, 1.54) is 5.57 Å². The predicted molar refractivity (Wildman–Crippen MR) is 105 cm³/mol. The lowest BCUT2D eigenvalue weighted by Gasteiger charge is -2.11. The van der Waals surface area contributed by atoms with Crippen molar-refractivity contribution in [1.82, 2.24) is 10.3 Å². The third-order valence-electron chi connectivity index (χ3n) is 5.39. The van der Waals surface area contributed by atoms with Gasteiger partial charge in [0.2, 0.25) is 0 Å². The third-order valence-corrected chi connectivity index (χ3v) is 5.39. The first kappa shape index (κ1) is 16.2. The Morgan fingerprint density at radius 1 is 0.926 bits per heavy atom. The molecule has 1 aromatic carbocycles. The van der Waals surface area contributed by atoms with E-state index in [-0.39, 0.29) is 5.78 Å². The van der Waals surface area contributed by atoms with E-state index in [9.17, 15) is 4.79 Å². The zero-order valence-corrected chi connectivity index (χ0v) is 15.0. The average molecular weight is 356 g/mol. The molecule has 0 saturated carbocycles. The van der Waals surface area contributed by atoms with E-state index in [0.29, 0.717) is 6.42 Å². The first-order valence-electron chi connectivity index (χ1n) is 9.40. The van der Waals surface area contributed by atoms with Crippen LogP contribution in [0.2, 0.25) is 0 Å². The molecule has 4 heteroatoms. The highest BCUT2D eigenvalue weighted by molar-refractivity contribution is 6.01. The first-order valence-corrected chi connectivity index (χ1v) is 9.40. The molecule has 0 radical (unpaired) electrons. The standard InChI is InChI=1S/C23H20N2O2/c26-21-4-2-17-13-18(1-3-19(17)21)20-14-22(15-5-9-24-10-6-15)27-23(20)16-7-11-25-12-8-16/h1,3,5,7-8,11-14,24H,2,4,6,9-10H2. The molecule has 0 amide bonds. The Morgan fingerprint density at radius 3 is 2.63 bits per heavy atom. The van der Waals surface area contributed by atoms with Gasteiger partial charge in [0.15, 0.2) is 5.78 Å². The number of ketones is 1. The minimum atomic E-state index is 0.249. The summed E-state index contributed by atoms with van der Waals surface area (Å²) in [6.45, 7) is 1.84. The van der Waals surface area contributed by atoms with E-state index in [1.807, 2.05) is 24.3 Å². The van der Waals surface area contributed by atoms with E-state index in [2.05, 4.69) is 28.5 Å². The van der Waals surface area contributed by atoms with Crippen molar-refractivity contribution in [3.63, 3.8) is 0 Å². The average Bonchev–Trinajstić information content (AvgIpc) is 3.33. The van der Waals surface area contributed by atoms with Crippen LogP contribution in [0.15, 0.2) is 59.3 Å². The number of hydrogen-bond donors (Lipinski definition) is 1. The van der Waals surface area contributed by atoms with Crippen LogP contribution in [0.5, 0.6) is 0 Å². The first-order chi connectivity index (χ1) is 13.3. The number of pyridine rings is 1. The molecule has 1 N–H and O–H groups in total. The molecular formula is C23H20N2O2. The zero-order valence-electron chi connectivity index (χ0n) is 15.0. The summed E-state index contributed by atoms with van der Waals surface area (Å²) in [6, 6.07) is 12.2. The molecule has 0 unspecified atom stereocenters. The fourth-order valence-corrected chi connectivity index (χ4v) is 3.95. The number of aryl methyl sites for hydroxylation is 1. The summed E-state index contributed by atoms with van der Waals surface area (Å²) in [4.78, 5) is 16.1. The van der Waals surface area contributed by atoms with Crippen LogP contribution in [0, 0.1) is 0 Å². The number of nitrogens with one attached hydrogen (secondary N) is 1. The van der Waals surface area contributed by atoms with Gasteiger partial charge in [0.1, 0.15) is 11.5 Å². The molecule has 0 atom stereocenters. The summed E-state index contributed by atoms with van der Waals surface area (Å²) in [6.07, 6.45) is 8.17. The van der Waals surface area contributed by atoms with Gasteiger partial charge in [0, 0.05) is 42.0 Å². The number of rotatable bonds is 3. The van der Waals surface area contributed by atoms with Crippen molar-refractivity contribution >= 4 is 11.4 Å². The summed E-state index contributed by atoms with van der Waals surface area (Å²) in [7, 11) is 0. The predicted octanol–water partition coefficient (Wildman–Crippen LogP) is 4.51. The molecule has 3 aromatic rings. The number of fused-ring (bicyclic) bond motifs is 1. The Balaban J connectivity index is 1.65. The summed E-state index contributed by atoms with van der Waals surface area (Å²) in [5, 5.41) is 3.34. The Kier molecular flexibility index (Phi) is 3.98. The number of carbonyl (C=O) groups is 1. The zero-order chi connectivity index (χ0) is 18.2. The molecule has 0 fully saturated rings. The number of benzene rings is 1. The van der Waals surface area contributed by atoms with E-state index < -0.39 is 0 Å². The van der Waals surface area contributed by atoms with Gasteiger partial charge in [-0.15, -0.1) is 0 Å². The number of Topliss-reactive ketones (excluding diaryl/α,β-unsaturated/α-hetero) is 1. The Hall–Kier alpha value is -2.98. The second-order valence-electron chi connectivity index (χ2n) is 7.07. The Bertz CT molecular complexity index is 1050. The van der Waals surface area contributed by atoms with E-state index >= 15 is 0 Å². The van der Waals surface area contributed by atoms with Crippen LogP contribution in [0.4, 0.5) is 0 Å². The van der Waals surface area contributed by atoms with Crippen molar-refractivity contribution in [2.45, 2.75) is 19.3 Å². The van der Waals surface area contributed by atoms with Crippen LogP contribution < -0.4 is 5.32 Å². The smallest absolute Gasteiger partial charge is 0.163 e. The lowest BCUT2D eigenvalue weighted by Crippen LogP contribution is -2.19. The summed E-state index contributed by atoms with van der Waals surface area (Å²) in [5.74, 6) is 2.03. The number of nitrogens with zero attached hydrogens (tertiary/aromatic N) is 1. The molecule has 4 nitrogen and oxygen atoms in total. The molecule has 2 aliphatic rings. The van der Waals surface area contributed by atoms with Crippen LogP contribution in [0.25, 0.3) is 28.0 Å². The summed E-state index contributed by atoms with van der Waals surface area (Å²) >= 11 is 0. The number of furan rings is 1. The highest BCUT2D eigenvalue weighted by Gasteiger charge is 2.22. The minimum absolute atomic E-state index is 0.249. The normalized spacial score (nSPS) is 16.3. The number of hydrogen-bond acceptors (Lipinski definition) is 4. The second kappa shape index (κ2) is 6.63. The lowest BCUT2D eigenvalue weighted by atomic mass is 9.97. The number of aromatic nitrogens is 1. The Morgan fingerprint density at radius 2 is 1.81 bits per heavy atom. The molecule has 3 heterocycles. The van der Waals surface area contributed by atoms with Gasteiger partial charge in [-0.3, -0.25) is 9.78 Å². The molecule has 5 rings (SSSR count). The quantitative estimate of drug-likeness (QED) is 0.750. The SMILES string of the molecule is O=C1CCc2cc(-c3cc(C4=CCNCC4)oc3-c3ccncc3)ccc21. The molecule has 27 heavy (non-hydrogen) atoms. The molecule has 1 aliphatic carbocycles. The molecule has 1 aliphatic heterocycles. The molecular weight excluding hydrogens is 336 g/mol. The van der Waals surface area contributed by atoms with Crippen LogP contribution in [-0.2, 0) is 6.42 Å². The van der Waals surface area contributed by atoms with Gasteiger partial charge >= 0.3 is 0 Å². The van der Waals surface area contributed by atoms with Crippen molar-refractivity contribution < 1.29 is 9.21 Å². The maximum absolute atomic E-state index is 12.0. The maximum Gasteiger partial charge on any atom is 0.163 e. The van der Waals surface area contributed by atoms with E-state index in [1.54, 1.807) is 12.4 Å². The number of carbonyl (C=O) groups excluding carboxylic acids is 1. The van der Waals surface area contributed by atoms with Crippen LogP contribution in [-0.4, -0.2) is 23.9 Å². The highest BCUT2D eigenvalue weighted by Crippen LogP contribution is 2.39. The van der Waals surface area contributed by atoms with Gasteiger partial charge < -0.3 is 9.73 Å². The molecule has 2 aromatic heterocycles. The summed E-state index contributed by atoms with van der Waals surface area (Å²) < 4.78 is 6.34. The van der Waals surface area contributed by atoms with Gasteiger partial charge in [-0.1, -0.05) is 24.3 Å². The largest absolute Gasteiger partial charge is 0.456 e. The van der Waals surface area contributed by atoms with Gasteiger partial charge in [-0.05, 0) is 54.3 Å². The molecule has 0 spiro atoms. The van der Waals surface area contributed by atoms with Crippen molar-refractivity contribution in [2.75, 3.05) is 13.1 Å². The van der Waals surface area contributed by atoms with Crippen molar-refractivity contribution in [2.24, 2.45) is 0 Å². The van der Waals surface area contributed by atoms with Gasteiger partial charge in [0.25, 0.3) is 0 Å². The van der Waals surface area contributed by atoms with Crippen molar-refractivity contribution in [3.8, 4) is 22.5 Å². The van der Waals surface area contributed by atoms with Crippen LogP contribution >= 0.6 is 0 Å². The fraction of sp³-hybridized carbons (Fsp3) is 0.217. The van der Waals surface area contributed by atoms with Crippen LogP contribution in [0.1, 0.15) is 34.5 Å². The van der Waals surface area contributed by atoms with Gasteiger partial charge in [-0.2, -0.15) is 0 Å². The van der Waals surface area contributed by atoms with Crippen molar-refractivity contribution in [1.29, 1.82) is 0 Å². The summed E-state index contributed by atoms with van der Waals surface area (Å²) in [5.41, 5.74) is 6.43. The molecule has 134 valence electrons. The van der Waals surface area contributed by atoms with Crippen molar-refractivity contribution in [3.05, 3.63) is 71.8 Å². The second-order valence-corrected chi connectivity index (χ2v) is 7.07. The van der Waals surface area contributed by atoms with Gasteiger partial charge in [0.05, 0.1) is 0 Å². The van der Waals surface area contributed by atoms with Crippen LogP contribution in [0.3, 0.4) is 0 Å². The van der Waals surface area contributed by atoms with Gasteiger partial charge in [-0.25, -0.2) is 0 Å². The molecule has 0 bridgehead atoms. The highest BCUT2D eigenvalue weighted by atomic mass is 16.3.